The van der Waals surface area contributed by atoms with E-state index in [0.29, 0.717) is 58.3 Å². The number of hydrogen-bond donors (Lipinski definition) is 3. The Balaban J connectivity index is 1.37. The van der Waals surface area contributed by atoms with E-state index in [0.717, 1.165) is 50.7 Å². The number of carbonyl (C=O) groups is 1. The Morgan fingerprint density at radius 3 is 2.57 bits per heavy atom. The van der Waals surface area contributed by atoms with Crippen LogP contribution in [0.5, 0.6) is 23.0 Å². The van der Waals surface area contributed by atoms with Crippen molar-refractivity contribution < 1.29 is 24.1 Å². The van der Waals surface area contributed by atoms with Crippen LogP contribution in [0.25, 0.3) is 10.9 Å². The Morgan fingerprint density at radius 2 is 1.88 bits per heavy atom. The molecule has 10 heteroatoms. The predicted molar refractivity (Wildman–Crippen MR) is 167 cm³/mol. The van der Waals surface area contributed by atoms with Gasteiger partial charge in [0.25, 0.3) is 0 Å². The Labute approximate surface area is 253 Å². The summed E-state index contributed by atoms with van der Waals surface area (Å²) in [7, 11) is 1.61. The van der Waals surface area contributed by atoms with Crippen molar-refractivity contribution in [1.82, 2.24) is 15.2 Å². The topological polar surface area (TPSA) is 105 Å². The molecule has 1 aliphatic heterocycles. The maximum atomic E-state index is 12.3. The van der Waals surface area contributed by atoms with Crippen LogP contribution in [0, 0.1) is 11.3 Å². The summed E-state index contributed by atoms with van der Waals surface area (Å²) in [6, 6.07) is 10.3. The van der Waals surface area contributed by atoms with Gasteiger partial charge in [0.2, 0.25) is 0 Å². The maximum absolute atomic E-state index is 12.3. The Hall–Kier alpha value is -3.27. The molecule has 42 heavy (non-hydrogen) atoms. The molecule has 3 N–H and O–H groups in total. The third-order valence-corrected chi connectivity index (χ3v) is 7.69. The van der Waals surface area contributed by atoms with Crippen LogP contribution in [-0.4, -0.2) is 67.5 Å². The highest BCUT2D eigenvalue weighted by atomic mass is 35.5. The minimum atomic E-state index is -0.281. The number of halogens is 1. The number of carbonyl (C=O) groups excluding carboxylic acids is 1. The number of aromatic nitrogens is 1. The van der Waals surface area contributed by atoms with Crippen molar-refractivity contribution in [3.05, 3.63) is 47.6 Å². The number of aliphatic hydroxyl groups excluding tert-OH is 1. The second-order valence-electron chi connectivity index (χ2n) is 11.9. The molecule has 0 unspecified atom stereocenters. The third kappa shape index (κ3) is 9.11. The molecule has 0 aliphatic carbocycles. The van der Waals surface area contributed by atoms with Crippen LogP contribution in [0.4, 0.5) is 10.5 Å². The van der Waals surface area contributed by atoms with Gasteiger partial charge < -0.3 is 34.9 Å². The van der Waals surface area contributed by atoms with Crippen LogP contribution in [0.15, 0.2) is 42.6 Å². The molecule has 2 amide bonds. The second-order valence-corrected chi connectivity index (χ2v) is 12.3. The van der Waals surface area contributed by atoms with Crippen molar-refractivity contribution in [1.29, 1.82) is 0 Å². The Kier molecular flexibility index (Phi) is 11.1. The van der Waals surface area contributed by atoms with Gasteiger partial charge in [0.05, 0.1) is 24.3 Å². The number of urea groups is 1. The van der Waals surface area contributed by atoms with Crippen LogP contribution in [0.2, 0.25) is 5.02 Å². The molecule has 1 fully saturated rings. The van der Waals surface area contributed by atoms with E-state index in [2.05, 4.69) is 41.3 Å². The highest BCUT2D eigenvalue weighted by Gasteiger charge is 2.18. The summed E-state index contributed by atoms with van der Waals surface area (Å²) in [6.07, 6.45) is 5.54. The monoisotopic (exact) mass is 598 g/mol. The van der Waals surface area contributed by atoms with Gasteiger partial charge in [0.1, 0.15) is 11.5 Å². The zero-order valence-corrected chi connectivity index (χ0v) is 25.8. The SMILES string of the molecule is COc1cc2c(Oc3ccc(NC(=O)NCCC(C)(C)C)cc3Cl)ccnc2cc1OCCCN1CCC(CO)CC1. The molecular weight excluding hydrogens is 556 g/mol. The first-order valence-electron chi connectivity index (χ1n) is 14.6. The average molecular weight is 599 g/mol. The number of rotatable bonds is 12. The Morgan fingerprint density at radius 1 is 1.10 bits per heavy atom. The lowest BCUT2D eigenvalue weighted by atomic mass is 9.92. The van der Waals surface area contributed by atoms with Crippen molar-refractivity contribution in [2.45, 2.75) is 46.5 Å². The highest BCUT2D eigenvalue weighted by Crippen LogP contribution is 2.39. The fourth-order valence-electron chi connectivity index (χ4n) is 4.86. The summed E-state index contributed by atoms with van der Waals surface area (Å²) in [5.41, 5.74) is 1.42. The smallest absolute Gasteiger partial charge is 0.319 e. The second kappa shape index (κ2) is 14.8. The molecule has 9 nitrogen and oxygen atoms in total. The third-order valence-electron chi connectivity index (χ3n) is 7.40. The first-order chi connectivity index (χ1) is 20.1. The molecule has 1 saturated heterocycles. The number of nitrogens with zero attached hydrogens (tertiary/aromatic N) is 2. The van der Waals surface area contributed by atoms with Gasteiger partial charge in [0, 0.05) is 43.0 Å². The summed E-state index contributed by atoms with van der Waals surface area (Å²) in [6.45, 7) is 10.8. The van der Waals surface area contributed by atoms with Crippen molar-refractivity contribution in [2.24, 2.45) is 11.3 Å². The lowest BCUT2D eigenvalue weighted by molar-refractivity contribution is 0.126. The van der Waals surface area contributed by atoms with Crippen LogP contribution in [0.1, 0.15) is 46.5 Å². The number of methoxy groups -OCH3 is 1. The van der Waals surface area contributed by atoms with Crippen molar-refractivity contribution in [3.63, 3.8) is 0 Å². The molecule has 1 aromatic heterocycles. The van der Waals surface area contributed by atoms with Crippen molar-refractivity contribution in [2.75, 3.05) is 51.8 Å². The van der Waals surface area contributed by atoms with Gasteiger partial charge in [-0.2, -0.15) is 0 Å². The molecule has 0 saturated carbocycles. The Bertz CT molecular complexity index is 1340. The molecule has 2 aromatic carbocycles. The van der Waals surface area contributed by atoms with Gasteiger partial charge in [-0.05, 0) is 80.4 Å². The number of benzene rings is 2. The van der Waals surface area contributed by atoms with E-state index in [1.807, 2.05) is 12.1 Å². The zero-order chi connectivity index (χ0) is 30.1. The highest BCUT2D eigenvalue weighted by molar-refractivity contribution is 6.32. The fourth-order valence-corrected chi connectivity index (χ4v) is 5.08. The zero-order valence-electron chi connectivity index (χ0n) is 25.0. The lowest BCUT2D eigenvalue weighted by Crippen LogP contribution is -2.35. The van der Waals surface area contributed by atoms with Crippen LogP contribution >= 0.6 is 11.6 Å². The number of likely N-dealkylation sites (tertiary alicyclic amines) is 1. The summed E-state index contributed by atoms with van der Waals surface area (Å²) >= 11 is 6.53. The van der Waals surface area contributed by atoms with Crippen LogP contribution < -0.4 is 24.8 Å². The van der Waals surface area contributed by atoms with E-state index < -0.39 is 0 Å². The van der Waals surface area contributed by atoms with Gasteiger partial charge in [-0.3, -0.25) is 4.98 Å². The number of ether oxygens (including phenoxy) is 3. The van der Waals surface area contributed by atoms with Gasteiger partial charge in [-0.1, -0.05) is 32.4 Å². The predicted octanol–water partition coefficient (Wildman–Crippen LogP) is 6.72. The first-order valence-corrected chi connectivity index (χ1v) is 15.0. The fraction of sp³-hybridized carbons (Fsp3) is 0.500. The quantitative estimate of drug-likeness (QED) is 0.199. The number of fused-ring (bicyclic) bond motifs is 1. The normalized spacial score (nSPS) is 14.5. The molecule has 228 valence electrons. The molecule has 4 rings (SSSR count). The number of piperidine rings is 1. The van der Waals surface area contributed by atoms with E-state index >= 15 is 0 Å². The van der Waals surface area contributed by atoms with Gasteiger partial charge in [0.15, 0.2) is 11.5 Å². The molecule has 2 heterocycles. The van der Waals surface area contributed by atoms with E-state index in [9.17, 15) is 9.90 Å². The van der Waals surface area contributed by atoms with Crippen molar-refractivity contribution in [3.8, 4) is 23.0 Å². The van der Waals surface area contributed by atoms with Gasteiger partial charge in [-0.15, -0.1) is 0 Å². The minimum absolute atomic E-state index is 0.144. The minimum Gasteiger partial charge on any atom is -0.493 e. The first kappa shape index (κ1) is 31.7. The summed E-state index contributed by atoms with van der Waals surface area (Å²) in [4.78, 5) is 19.2. The molecule has 0 spiro atoms. The number of aliphatic hydroxyl groups is 1. The number of anilines is 1. The molecule has 0 bridgehead atoms. The van der Waals surface area contributed by atoms with Gasteiger partial charge in [-0.25, -0.2) is 4.79 Å². The largest absolute Gasteiger partial charge is 0.493 e. The molecule has 3 aromatic rings. The van der Waals surface area contributed by atoms with E-state index in [4.69, 9.17) is 25.8 Å². The summed E-state index contributed by atoms with van der Waals surface area (Å²) in [5, 5.41) is 16.1. The number of nitrogens with one attached hydrogen (secondary N) is 2. The number of amides is 2. The van der Waals surface area contributed by atoms with E-state index in [1.165, 1.54) is 0 Å². The number of pyridine rings is 1. The van der Waals surface area contributed by atoms with E-state index in [1.54, 1.807) is 37.6 Å². The average Bonchev–Trinajstić information content (AvgIpc) is 2.96. The molecule has 0 radical (unpaired) electrons. The van der Waals surface area contributed by atoms with Crippen molar-refractivity contribution >= 4 is 34.2 Å². The number of hydrogen-bond acceptors (Lipinski definition) is 7. The van der Waals surface area contributed by atoms with Crippen LogP contribution in [-0.2, 0) is 0 Å². The summed E-state index contributed by atoms with van der Waals surface area (Å²) < 4.78 is 17.9. The molecule has 1 aliphatic rings. The maximum Gasteiger partial charge on any atom is 0.319 e. The summed E-state index contributed by atoms with van der Waals surface area (Å²) in [5.74, 6) is 2.67. The van der Waals surface area contributed by atoms with Crippen LogP contribution in [0.3, 0.4) is 0 Å². The van der Waals surface area contributed by atoms with Gasteiger partial charge >= 0.3 is 6.03 Å². The lowest BCUT2D eigenvalue weighted by Gasteiger charge is -2.30. The van der Waals surface area contributed by atoms with E-state index in [-0.39, 0.29) is 18.1 Å². The molecular formula is C32H43ClN4O5. The molecule has 0 atom stereocenters. The standard InChI is InChI=1S/C32H43ClN4O5/c1-32(2,3)11-13-35-31(39)36-23-6-7-28(25(33)18-23)42-27-8-12-34-26-20-30(29(40-4)19-24(26)27)41-17-5-14-37-15-9-22(21-38)10-16-37/h6-8,12,18-20,22,38H,5,9-11,13-17,21H2,1-4H3,(H2,35,36,39).